The molecule has 0 bridgehead atoms. The highest BCUT2D eigenvalue weighted by Gasteiger charge is 2.29. The number of nitrogens with zero attached hydrogens (tertiary/aromatic N) is 2. The number of ether oxygens (including phenoxy) is 1. The minimum Gasteiger partial charge on any atom is -0.399 e. The molecule has 0 radical (unpaired) electrons. The highest BCUT2D eigenvalue weighted by molar-refractivity contribution is 5.94. The van der Waals surface area contributed by atoms with Gasteiger partial charge in [0.2, 0.25) is 0 Å². The first-order chi connectivity index (χ1) is 10.2. The second-order valence-electron chi connectivity index (χ2n) is 5.79. The maximum absolute atomic E-state index is 12.4. The molecule has 1 aromatic carbocycles. The van der Waals surface area contributed by atoms with Crippen LogP contribution >= 0.6 is 0 Å². The lowest BCUT2D eigenvalue weighted by Gasteiger charge is -2.19. The molecule has 5 nitrogen and oxygen atoms in total. The standard InChI is InChI=1S/C16H23N3O2/c17-13-5-7-14(8-6-13)19-11-10-18(16(19)20)9-1-3-15-4-2-12-21-15/h5-8,15H,1-4,9-12,17H2. The van der Waals surface area contributed by atoms with Crippen molar-refractivity contribution in [3.63, 3.8) is 0 Å². The van der Waals surface area contributed by atoms with Gasteiger partial charge >= 0.3 is 6.03 Å². The second kappa shape index (κ2) is 6.35. The van der Waals surface area contributed by atoms with Crippen molar-refractivity contribution in [3.05, 3.63) is 24.3 Å². The van der Waals surface area contributed by atoms with Crippen LogP contribution in [0.15, 0.2) is 24.3 Å². The van der Waals surface area contributed by atoms with Crippen molar-refractivity contribution < 1.29 is 9.53 Å². The van der Waals surface area contributed by atoms with Crippen molar-refractivity contribution in [1.82, 2.24) is 4.90 Å². The molecule has 0 aromatic heterocycles. The molecule has 2 amide bonds. The number of hydrogen-bond donors (Lipinski definition) is 1. The first kappa shape index (κ1) is 14.2. The van der Waals surface area contributed by atoms with E-state index >= 15 is 0 Å². The molecule has 2 N–H and O–H groups in total. The lowest BCUT2D eigenvalue weighted by molar-refractivity contribution is 0.100. The van der Waals surface area contributed by atoms with Gasteiger partial charge in [0.25, 0.3) is 0 Å². The second-order valence-corrected chi connectivity index (χ2v) is 5.79. The van der Waals surface area contributed by atoms with Crippen LogP contribution in [0.1, 0.15) is 25.7 Å². The molecule has 114 valence electrons. The molecule has 2 heterocycles. The Hall–Kier alpha value is -1.75. The van der Waals surface area contributed by atoms with Crippen molar-refractivity contribution >= 4 is 17.4 Å². The average molecular weight is 289 g/mol. The topological polar surface area (TPSA) is 58.8 Å². The van der Waals surface area contributed by atoms with Crippen LogP contribution in [-0.2, 0) is 4.74 Å². The Kier molecular flexibility index (Phi) is 4.29. The zero-order valence-corrected chi connectivity index (χ0v) is 12.3. The maximum Gasteiger partial charge on any atom is 0.324 e. The number of nitrogen functional groups attached to an aromatic ring is 1. The zero-order chi connectivity index (χ0) is 14.7. The maximum atomic E-state index is 12.4. The van der Waals surface area contributed by atoms with Crippen LogP contribution in [0.4, 0.5) is 16.2 Å². The van der Waals surface area contributed by atoms with Gasteiger partial charge in [-0.15, -0.1) is 0 Å². The summed E-state index contributed by atoms with van der Waals surface area (Å²) in [7, 11) is 0. The third kappa shape index (κ3) is 3.29. The van der Waals surface area contributed by atoms with Gasteiger partial charge in [0, 0.05) is 37.6 Å². The molecule has 1 atom stereocenters. The van der Waals surface area contributed by atoms with E-state index in [9.17, 15) is 4.79 Å². The third-order valence-corrected chi connectivity index (χ3v) is 4.28. The smallest absolute Gasteiger partial charge is 0.324 e. The molecule has 21 heavy (non-hydrogen) atoms. The fourth-order valence-electron chi connectivity index (χ4n) is 3.07. The summed E-state index contributed by atoms with van der Waals surface area (Å²) in [6.07, 6.45) is 4.84. The van der Waals surface area contributed by atoms with Crippen molar-refractivity contribution in [1.29, 1.82) is 0 Å². The highest BCUT2D eigenvalue weighted by Crippen LogP contribution is 2.22. The van der Waals surface area contributed by atoms with Gasteiger partial charge in [0.1, 0.15) is 0 Å². The van der Waals surface area contributed by atoms with Crippen LogP contribution in [0.5, 0.6) is 0 Å². The van der Waals surface area contributed by atoms with Crippen molar-refractivity contribution in [2.45, 2.75) is 31.8 Å². The summed E-state index contributed by atoms with van der Waals surface area (Å²) >= 11 is 0. The van der Waals surface area contributed by atoms with Gasteiger partial charge in [-0.1, -0.05) is 0 Å². The van der Waals surface area contributed by atoms with Crippen LogP contribution in [-0.4, -0.2) is 43.3 Å². The van der Waals surface area contributed by atoms with E-state index in [1.807, 2.05) is 34.1 Å². The first-order valence-corrected chi connectivity index (χ1v) is 7.77. The van der Waals surface area contributed by atoms with Crippen LogP contribution in [0, 0.1) is 0 Å². The van der Waals surface area contributed by atoms with Crippen LogP contribution in [0.3, 0.4) is 0 Å². The molecule has 2 saturated heterocycles. The number of anilines is 2. The van der Waals surface area contributed by atoms with E-state index in [4.69, 9.17) is 10.5 Å². The van der Waals surface area contributed by atoms with E-state index in [2.05, 4.69) is 0 Å². The van der Waals surface area contributed by atoms with Gasteiger partial charge in [-0.3, -0.25) is 4.90 Å². The molecular formula is C16H23N3O2. The van der Waals surface area contributed by atoms with E-state index in [0.29, 0.717) is 6.10 Å². The number of amides is 2. The number of nitrogens with two attached hydrogens (primary N) is 1. The first-order valence-electron chi connectivity index (χ1n) is 7.77. The minimum atomic E-state index is 0.104. The molecule has 2 fully saturated rings. The number of rotatable bonds is 5. The average Bonchev–Trinajstić information content (AvgIpc) is 3.11. The Morgan fingerprint density at radius 2 is 2.05 bits per heavy atom. The minimum absolute atomic E-state index is 0.104. The van der Waals surface area contributed by atoms with Gasteiger partial charge in [0.15, 0.2) is 0 Å². The van der Waals surface area contributed by atoms with Gasteiger partial charge in [-0.2, -0.15) is 0 Å². The summed E-state index contributed by atoms with van der Waals surface area (Å²) in [6.45, 7) is 3.28. The Balaban J connectivity index is 1.50. The van der Waals surface area contributed by atoms with E-state index in [1.54, 1.807) is 0 Å². The predicted molar refractivity (Wildman–Crippen MR) is 83.4 cm³/mol. The van der Waals surface area contributed by atoms with Gasteiger partial charge in [-0.05, 0) is 49.9 Å². The van der Waals surface area contributed by atoms with Gasteiger partial charge < -0.3 is 15.4 Å². The van der Waals surface area contributed by atoms with Crippen LogP contribution < -0.4 is 10.6 Å². The van der Waals surface area contributed by atoms with Crippen LogP contribution in [0.2, 0.25) is 0 Å². The fraction of sp³-hybridized carbons (Fsp3) is 0.562. The molecule has 0 spiro atoms. The van der Waals surface area contributed by atoms with E-state index in [-0.39, 0.29) is 6.03 Å². The number of carbonyl (C=O) groups is 1. The summed E-state index contributed by atoms with van der Waals surface area (Å²) < 4.78 is 5.62. The summed E-state index contributed by atoms with van der Waals surface area (Å²) in [5.41, 5.74) is 7.33. The number of urea groups is 1. The zero-order valence-electron chi connectivity index (χ0n) is 12.3. The van der Waals surface area contributed by atoms with E-state index in [1.165, 1.54) is 12.8 Å². The molecule has 5 heteroatoms. The molecular weight excluding hydrogens is 266 g/mol. The van der Waals surface area contributed by atoms with Gasteiger partial charge in [0.05, 0.1) is 6.10 Å². The Bertz CT molecular complexity index is 483. The fourth-order valence-corrected chi connectivity index (χ4v) is 3.07. The Morgan fingerprint density at radius 3 is 2.76 bits per heavy atom. The molecule has 1 unspecified atom stereocenters. The highest BCUT2D eigenvalue weighted by atomic mass is 16.5. The number of hydrogen-bond acceptors (Lipinski definition) is 3. The predicted octanol–water partition coefficient (Wildman–Crippen LogP) is 2.47. The normalized spacial score (nSPS) is 22.3. The molecule has 2 aliphatic rings. The van der Waals surface area contributed by atoms with E-state index < -0.39 is 0 Å². The lowest BCUT2D eigenvalue weighted by atomic mass is 10.1. The lowest BCUT2D eigenvalue weighted by Crippen LogP contribution is -2.32. The molecule has 0 aliphatic carbocycles. The number of carbonyl (C=O) groups excluding carboxylic acids is 1. The monoisotopic (exact) mass is 289 g/mol. The van der Waals surface area contributed by atoms with Crippen LogP contribution in [0.25, 0.3) is 0 Å². The van der Waals surface area contributed by atoms with Crippen molar-refractivity contribution in [3.8, 4) is 0 Å². The number of benzene rings is 1. The molecule has 3 rings (SSSR count). The SMILES string of the molecule is Nc1ccc(N2CCN(CCCC3CCCO3)C2=O)cc1. The van der Waals surface area contributed by atoms with Crippen molar-refractivity contribution in [2.75, 3.05) is 36.9 Å². The quantitative estimate of drug-likeness (QED) is 0.847. The largest absolute Gasteiger partial charge is 0.399 e. The van der Waals surface area contributed by atoms with Crippen molar-refractivity contribution in [2.24, 2.45) is 0 Å². The van der Waals surface area contributed by atoms with Gasteiger partial charge in [-0.25, -0.2) is 4.79 Å². The molecule has 1 aromatic rings. The Labute approximate surface area is 125 Å². The summed E-state index contributed by atoms with van der Waals surface area (Å²) in [4.78, 5) is 16.2. The summed E-state index contributed by atoms with van der Waals surface area (Å²) in [5, 5.41) is 0. The summed E-state index contributed by atoms with van der Waals surface area (Å²) in [6, 6.07) is 7.59. The Morgan fingerprint density at radius 1 is 1.24 bits per heavy atom. The summed E-state index contributed by atoms with van der Waals surface area (Å²) in [5.74, 6) is 0. The molecule has 2 aliphatic heterocycles. The third-order valence-electron chi connectivity index (χ3n) is 4.28. The molecule has 0 saturated carbocycles. The van der Waals surface area contributed by atoms with E-state index in [0.717, 1.165) is 50.5 Å².